The van der Waals surface area contributed by atoms with Crippen molar-refractivity contribution in [1.29, 1.82) is 0 Å². The minimum Gasteiger partial charge on any atom is -0.392 e. The zero-order chi connectivity index (χ0) is 29.8. The molecule has 42 heavy (non-hydrogen) atoms. The Bertz CT molecular complexity index is 1550. The van der Waals surface area contributed by atoms with Crippen LogP contribution in [0.3, 0.4) is 0 Å². The van der Waals surface area contributed by atoms with Crippen molar-refractivity contribution in [1.82, 2.24) is 4.98 Å². The Morgan fingerprint density at radius 1 is 0.881 bits per heavy atom. The number of halogens is 5. The molecule has 0 bridgehead atoms. The van der Waals surface area contributed by atoms with Crippen molar-refractivity contribution in [3.63, 3.8) is 0 Å². The molecule has 0 aliphatic carbocycles. The molecule has 5 rings (SSSR count). The van der Waals surface area contributed by atoms with Crippen LogP contribution in [0.5, 0.6) is 0 Å². The zero-order valence-corrected chi connectivity index (χ0v) is 22.5. The fraction of sp³-hybridized carbons (Fsp3) is 0.200. The molecular weight excluding hydrogens is 579 g/mol. The Morgan fingerprint density at radius 2 is 1.60 bits per heavy atom. The van der Waals surface area contributed by atoms with Crippen molar-refractivity contribution in [2.75, 3.05) is 11.1 Å². The van der Waals surface area contributed by atoms with Gasteiger partial charge >= 0.3 is 0 Å². The minimum absolute atomic E-state index is 0.0162. The molecule has 3 atom stereocenters. The SMILES string of the molecule is O=C(Nc1cccc(C2OC(CSc3ccccn3)CC(c3ccc(CO)cc3)O2)c1)c1c(F)c(F)c(F)c(F)c1F. The summed E-state index contributed by atoms with van der Waals surface area (Å²) in [6, 6.07) is 18.8. The highest BCUT2D eigenvalue weighted by atomic mass is 32.2. The maximum atomic E-state index is 14.2. The van der Waals surface area contributed by atoms with E-state index >= 15 is 0 Å². The van der Waals surface area contributed by atoms with Crippen molar-refractivity contribution in [2.45, 2.75) is 36.6 Å². The monoisotopic (exact) mass is 602 g/mol. The van der Waals surface area contributed by atoms with Crippen LogP contribution in [0.1, 0.15) is 45.9 Å². The van der Waals surface area contributed by atoms with E-state index in [2.05, 4.69) is 10.3 Å². The highest BCUT2D eigenvalue weighted by molar-refractivity contribution is 7.99. The van der Waals surface area contributed by atoms with Gasteiger partial charge in [-0.05, 0) is 35.4 Å². The van der Waals surface area contributed by atoms with Crippen molar-refractivity contribution in [3.05, 3.63) is 124 Å². The molecule has 1 saturated heterocycles. The van der Waals surface area contributed by atoms with E-state index in [1.54, 1.807) is 24.4 Å². The van der Waals surface area contributed by atoms with E-state index < -0.39 is 53.0 Å². The van der Waals surface area contributed by atoms with E-state index in [1.807, 2.05) is 30.3 Å². The standard InChI is InChI=1S/C30H23F5N2O4S/c31-24-23(25(32)27(34)28(35)26(24)33)29(39)37-19-5-3-4-18(12-19)30-40-20(15-42-22-6-1-2-11-36-22)13-21(41-30)17-9-7-16(14-38)8-10-17/h1-12,20-21,30,38H,13-15H2,(H,37,39). The average Bonchev–Trinajstić information content (AvgIpc) is 3.02. The lowest BCUT2D eigenvalue weighted by molar-refractivity contribution is -0.245. The molecule has 3 unspecified atom stereocenters. The number of pyridine rings is 1. The molecule has 1 aliphatic rings. The first-order valence-corrected chi connectivity index (χ1v) is 13.7. The molecule has 218 valence electrons. The van der Waals surface area contributed by atoms with Gasteiger partial charge in [0.2, 0.25) is 5.82 Å². The molecule has 1 amide bonds. The highest BCUT2D eigenvalue weighted by Crippen LogP contribution is 2.40. The van der Waals surface area contributed by atoms with E-state index in [0.29, 0.717) is 17.7 Å². The van der Waals surface area contributed by atoms with E-state index in [0.717, 1.165) is 16.2 Å². The third kappa shape index (κ3) is 6.46. The largest absolute Gasteiger partial charge is 0.392 e. The number of carbonyl (C=O) groups is 1. The number of aromatic nitrogens is 1. The molecule has 0 radical (unpaired) electrons. The van der Waals surface area contributed by atoms with Crippen LogP contribution >= 0.6 is 11.8 Å². The van der Waals surface area contributed by atoms with Crippen LogP contribution < -0.4 is 5.32 Å². The number of carbonyl (C=O) groups excluding carboxylic acids is 1. The fourth-order valence-corrected chi connectivity index (χ4v) is 5.28. The van der Waals surface area contributed by atoms with Gasteiger partial charge in [0.1, 0.15) is 5.56 Å². The van der Waals surface area contributed by atoms with Gasteiger partial charge in [-0.15, -0.1) is 11.8 Å². The molecule has 4 aromatic rings. The summed E-state index contributed by atoms with van der Waals surface area (Å²) in [4.78, 5) is 16.9. The van der Waals surface area contributed by atoms with Crippen LogP contribution in [-0.4, -0.2) is 27.9 Å². The lowest BCUT2D eigenvalue weighted by atomic mass is 10.0. The topological polar surface area (TPSA) is 80.7 Å². The number of benzene rings is 3. The average molecular weight is 603 g/mol. The number of nitrogens with one attached hydrogen (secondary N) is 1. The number of aliphatic hydroxyl groups is 1. The van der Waals surface area contributed by atoms with Gasteiger partial charge < -0.3 is 19.9 Å². The minimum atomic E-state index is -2.36. The second-order valence-corrected chi connectivity index (χ2v) is 10.4. The molecule has 12 heteroatoms. The normalized spacial score (nSPS) is 18.6. The van der Waals surface area contributed by atoms with Crippen molar-refractivity contribution >= 4 is 23.4 Å². The van der Waals surface area contributed by atoms with Gasteiger partial charge in [-0.3, -0.25) is 4.79 Å². The Morgan fingerprint density at radius 3 is 2.26 bits per heavy atom. The fourth-order valence-electron chi connectivity index (χ4n) is 4.39. The van der Waals surface area contributed by atoms with Crippen LogP contribution in [0.15, 0.2) is 78.0 Å². The number of hydrogen-bond acceptors (Lipinski definition) is 6. The van der Waals surface area contributed by atoms with Gasteiger partial charge in [-0.2, -0.15) is 0 Å². The second kappa shape index (κ2) is 13.0. The van der Waals surface area contributed by atoms with Crippen LogP contribution in [0.25, 0.3) is 0 Å². The summed E-state index contributed by atoms with van der Waals surface area (Å²) in [7, 11) is 0. The maximum absolute atomic E-state index is 14.2. The molecule has 0 saturated carbocycles. The Labute approximate surface area is 241 Å². The van der Waals surface area contributed by atoms with E-state index in [1.165, 1.54) is 30.0 Å². The van der Waals surface area contributed by atoms with Gasteiger partial charge in [0.25, 0.3) is 5.91 Å². The van der Waals surface area contributed by atoms with Crippen molar-refractivity contribution in [2.24, 2.45) is 0 Å². The number of amides is 1. The number of nitrogens with zero attached hydrogens (tertiary/aromatic N) is 1. The lowest BCUT2D eigenvalue weighted by Crippen LogP contribution is -2.31. The van der Waals surface area contributed by atoms with Crippen molar-refractivity contribution < 1.29 is 41.3 Å². The quantitative estimate of drug-likeness (QED) is 0.0993. The number of aliphatic hydroxyl groups excluding tert-OH is 1. The lowest BCUT2D eigenvalue weighted by Gasteiger charge is -2.36. The summed E-state index contributed by atoms with van der Waals surface area (Å²) in [5.74, 6) is -12.2. The van der Waals surface area contributed by atoms with Crippen molar-refractivity contribution in [3.8, 4) is 0 Å². The van der Waals surface area contributed by atoms with E-state index in [4.69, 9.17) is 9.47 Å². The Hall–Kier alpha value is -3.84. The van der Waals surface area contributed by atoms with Crippen LogP contribution in [0.4, 0.5) is 27.6 Å². The maximum Gasteiger partial charge on any atom is 0.261 e. The summed E-state index contributed by atoms with van der Waals surface area (Å²) in [6.07, 6.45) is 0.558. The summed E-state index contributed by atoms with van der Waals surface area (Å²) in [5, 5.41) is 12.4. The van der Waals surface area contributed by atoms with Gasteiger partial charge in [0, 0.05) is 29.6 Å². The van der Waals surface area contributed by atoms with Crippen LogP contribution in [-0.2, 0) is 16.1 Å². The molecule has 3 aromatic carbocycles. The van der Waals surface area contributed by atoms with Gasteiger partial charge in [-0.1, -0.05) is 42.5 Å². The first-order valence-electron chi connectivity index (χ1n) is 12.7. The molecule has 1 fully saturated rings. The number of thioether (sulfide) groups is 1. The number of rotatable bonds is 8. The third-order valence-corrected chi connectivity index (χ3v) is 7.60. The molecule has 2 heterocycles. The molecule has 6 nitrogen and oxygen atoms in total. The third-order valence-electron chi connectivity index (χ3n) is 6.52. The number of ether oxygens (including phenoxy) is 2. The molecule has 0 spiro atoms. The number of hydrogen-bond donors (Lipinski definition) is 2. The molecule has 1 aromatic heterocycles. The van der Waals surface area contributed by atoms with Gasteiger partial charge in [-0.25, -0.2) is 26.9 Å². The molecule has 2 N–H and O–H groups in total. The molecular formula is C30H23F5N2O4S. The highest BCUT2D eigenvalue weighted by Gasteiger charge is 2.33. The van der Waals surface area contributed by atoms with Crippen LogP contribution in [0.2, 0.25) is 0 Å². The Balaban J connectivity index is 1.38. The summed E-state index contributed by atoms with van der Waals surface area (Å²) >= 11 is 1.50. The predicted octanol–water partition coefficient (Wildman–Crippen LogP) is 6.86. The first-order chi connectivity index (χ1) is 20.2. The first kappa shape index (κ1) is 29.6. The second-order valence-electron chi connectivity index (χ2n) is 9.35. The summed E-state index contributed by atoms with van der Waals surface area (Å²) in [5.41, 5.74) is 0.447. The smallest absolute Gasteiger partial charge is 0.261 e. The summed E-state index contributed by atoms with van der Waals surface area (Å²) < 4.78 is 81.5. The van der Waals surface area contributed by atoms with E-state index in [-0.39, 0.29) is 18.4 Å². The van der Waals surface area contributed by atoms with Gasteiger partial charge in [0.05, 0.1) is 23.8 Å². The summed E-state index contributed by atoms with van der Waals surface area (Å²) in [6.45, 7) is -0.107. The zero-order valence-electron chi connectivity index (χ0n) is 21.7. The predicted molar refractivity (Wildman–Crippen MR) is 144 cm³/mol. The van der Waals surface area contributed by atoms with E-state index in [9.17, 15) is 31.9 Å². The van der Waals surface area contributed by atoms with Crippen LogP contribution in [0, 0.1) is 29.1 Å². The van der Waals surface area contributed by atoms with Gasteiger partial charge in [0.15, 0.2) is 29.6 Å². The Kier molecular flexibility index (Phi) is 9.17. The molecule has 1 aliphatic heterocycles. The number of anilines is 1.